The van der Waals surface area contributed by atoms with Gasteiger partial charge in [0.15, 0.2) is 11.9 Å². The van der Waals surface area contributed by atoms with E-state index in [0.29, 0.717) is 21.7 Å². The molecule has 1 fully saturated rings. The average molecular weight is 537 g/mol. The van der Waals surface area contributed by atoms with Gasteiger partial charge in [0, 0.05) is 24.1 Å². The fourth-order valence-corrected chi connectivity index (χ4v) is 4.50. The van der Waals surface area contributed by atoms with Gasteiger partial charge in [-0.2, -0.15) is 13.2 Å². The highest BCUT2D eigenvalue weighted by molar-refractivity contribution is 6.07. The largest absolute Gasteiger partial charge is 0.453 e. The van der Waals surface area contributed by atoms with E-state index in [1.807, 2.05) is 0 Å². The van der Waals surface area contributed by atoms with Crippen molar-refractivity contribution in [1.82, 2.24) is 10.2 Å². The van der Waals surface area contributed by atoms with Crippen LogP contribution in [0.2, 0.25) is 0 Å². The summed E-state index contributed by atoms with van der Waals surface area (Å²) >= 11 is 0. The van der Waals surface area contributed by atoms with Crippen molar-refractivity contribution < 1.29 is 46.2 Å². The van der Waals surface area contributed by atoms with E-state index in [2.05, 4.69) is 15.4 Å². The van der Waals surface area contributed by atoms with Crippen molar-refractivity contribution in [2.45, 2.75) is 50.2 Å². The zero-order valence-electron chi connectivity index (χ0n) is 20.2. The minimum atomic E-state index is -4.79. The molecule has 2 aromatic rings. The van der Waals surface area contributed by atoms with Crippen molar-refractivity contribution in [2.24, 2.45) is 0 Å². The molecule has 2 aliphatic rings. The number of nitrogens with one attached hydrogen (secondary N) is 2. The van der Waals surface area contributed by atoms with Crippen molar-refractivity contribution >= 4 is 29.6 Å². The van der Waals surface area contributed by atoms with E-state index >= 15 is 0 Å². The summed E-state index contributed by atoms with van der Waals surface area (Å²) < 4.78 is 63.5. The topological polar surface area (TPSA) is 114 Å². The Morgan fingerprint density at radius 1 is 1.16 bits per heavy atom. The standard InChI is InChI=1S/C25H23F4N3O6/c1-13(25(27,28)29)30-20(19(33)11-14-3-5-16(26)6-4-14)32-21(34)24(38-23(32)36)10-9-15-12-17(7-8-18(15)24)31-22(35)37-2/h3-8,12-13,20,30H,9-11H2,1-2H3,(H,31,35)/t13-,20?,24+/m0/s1. The molecule has 38 heavy (non-hydrogen) atoms. The first-order valence-electron chi connectivity index (χ1n) is 11.5. The van der Waals surface area contributed by atoms with E-state index in [1.54, 1.807) is 6.07 Å². The summed E-state index contributed by atoms with van der Waals surface area (Å²) in [6, 6.07) is 6.92. The normalized spacial score (nSPS) is 20.2. The predicted octanol–water partition coefficient (Wildman–Crippen LogP) is 3.80. The Morgan fingerprint density at radius 3 is 2.47 bits per heavy atom. The lowest BCUT2D eigenvalue weighted by Crippen LogP contribution is -2.59. The molecular weight excluding hydrogens is 514 g/mol. The summed E-state index contributed by atoms with van der Waals surface area (Å²) in [6.07, 6.45) is -9.04. The van der Waals surface area contributed by atoms with Crippen LogP contribution in [0.5, 0.6) is 0 Å². The van der Waals surface area contributed by atoms with Crippen molar-refractivity contribution in [3.05, 3.63) is 65.0 Å². The highest BCUT2D eigenvalue weighted by Gasteiger charge is 2.60. The van der Waals surface area contributed by atoms with Gasteiger partial charge >= 0.3 is 18.4 Å². The monoisotopic (exact) mass is 537 g/mol. The number of nitrogens with zero attached hydrogens (tertiary/aromatic N) is 1. The Bertz CT molecular complexity index is 1280. The number of methoxy groups -OCH3 is 1. The molecule has 202 valence electrons. The van der Waals surface area contributed by atoms with Gasteiger partial charge in [-0.15, -0.1) is 0 Å². The lowest BCUT2D eigenvalue weighted by Gasteiger charge is -2.29. The number of aryl methyl sites for hydroxylation is 1. The maximum absolute atomic E-state index is 13.7. The minimum absolute atomic E-state index is 0.0151. The Hall–Kier alpha value is -4.00. The maximum Gasteiger partial charge on any atom is 0.419 e. The number of anilines is 1. The first-order chi connectivity index (χ1) is 17.9. The number of ether oxygens (including phenoxy) is 2. The number of hydrogen-bond acceptors (Lipinski definition) is 7. The summed E-state index contributed by atoms with van der Waals surface area (Å²) in [5.41, 5.74) is -0.355. The molecule has 1 aliphatic heterocycles. The minimum Gasteiger partial charge on any atom is -0.453 e. The number of fused-ring (bicyclic) bond motifs is 2. The summed E-state index contributed by atoms with van der Waals surface area (Å²) in [7, 11) is 1.18. The zero-order valence-corrected chi connectivity index (χ0v) is 20.2. The van der Waals surface area contributed by atoms with Crippen molar-refractivity contribution in [3.63, 3.8) is 0 Å². The van der Waals surface area contributed by atoms with Crippen LogP contribution in [0.4, 0.5) is 32.8 Å². The molecule has 0 saturated carbocycles. The second kappa shape index (κ2) is 10.0. The second-order valence-corrected chi connectivity index (χ2v) is 8.96. The Balaban J connectivity index is 1.65. The third-order valence-corrected chi connectivity index (χ3v) is 6.49. The summed E-state index contributed by atoms with van der Waals surface area (Å²) in [4.78, 5) is 51.7. The number of benzene rings is 2. The number of Topliss-reactive ketones (excluding diaryl/α,β-unsaturated/α-hetero) is 1. The molecule has 2 aromatic carbocycles. The van der Waals surface area contributed by atoms with Crippen molar-refractivity contribution in [3.8, 4) is 0 Å². The molecule has 0 radical (unpaired) electrons. The van der Waals surface area contributed by atoms with E-state index in [0.717, 1.165) is 19.1 Å². The van der Waals surface area contributed by atoms with E-state index in [9.17, 15) is 36.7 Å². The zero-order chi connectivity index (χ0) is 27.8. The molecule has 0 aromatic heterocycles. The number of ketones is 1. The molecule has 13 heteroatoms. The van der Waals surface area contributed by atoms with E-state index in [1.165, 1.54) is 31.4 Å². The second-order valence-electron chi connectivity index (χ2n) is 8.96. The van der Waals surface area contributed by atoms with Gasteiger partial charge in [0.05, 0.1) is 7.11 Å². The number of rotatable bonds is 7. The van der Waals surface area contributed by atoms with Gasteiger partial charge in [-0.3, -0.25) is 20.2 Å². The first kappa shape index (κ1) is 27.0. The maximum atomic E-state index is 13.7. The van der Waals surface area contributed by atoms with Crippen LogP contribution in [0, 0.1) is 5.82 Å². The van der Waals surface area contributed by atoms with Crippen LogP contribution >= 0.6 is 0 Å². The van der Waals surface area contributed by atoms with Crippen LogP contribution in [0.15, 0.2) is 42.5 Å². The number of carbonyl (C=O) groups excluding carboxylic acids is 4. The summed E-state index contributed by atoms with van der Waals surface area (Å²) in [5, 5.41) is 4.53. The molecule has 1 unspecified atom stereocenters. The molecule has 3 amide bonds. The van der Waals surface area contributed by atoms with Crippen LogP contribution in [-0.2, 0) is 37.5 Å². The Morgan fingerprint density at radius 2 is 1.84 bits per heavy atom. The highest BCUT2D eigenvalue weighted by atomic mass is 19.4. The fraction of sp³-hybridized carbons (Fsp3) is 0.360. The molecule has 4 rings (SSSR count). The molecule has 1 saturated heterocycles. The molecule has 3 atom stereocenters. The molecule has 0 bridgehead atoms. The Kier molecular flexibility index (Phi) is 7.15. The fourth-order valence-electron chi connectivity index (χ4n) is 4.50. The van der Waals surface area contributed by atoms with E-state index in [4.69, 9.17) is 4.74 Å². The predicted molar refractivity (Wildman–Crippen MR) is 123 cm³/mol. The number of alkyl halides is 3. The van der Waals surface area contributed by atoms with Crippen molar-refractivity contribution in [1.29, 1.82) is 0 Å². The SMILES string of the molecule is COC(=O)Nc1ccc2c(c1)CC[C@@]21OC(=O)N(C(N[C@@H](C)C(F)(F)F)C(=O)Cc2ccc(F)cc2)C1=O. The first-order valence-corrected chi connectivity index (χ1v) is 11.5. The highest BCUT2D eigenvalue weighted by Crippen LogP contribution is 2.46. The van der Waals surface area contributed by atoms with Crippen LogP contribution in [0.3, 0.4) is 0 Å². The molecule has 1 spiro atoms. The third kappa shape index (κ3) is 5.05. The molecule has 2 N–H and O–H groups in total. The van der Waals surface area contributed by atoms with Crippen LogP contribution < -0.4 is 10.6 Å². The van der Waals surface area contributed by atoms with Gasteiger partial charge in [0.25, 0.3) is 5.91 Å². The van der Waals surface area contributed by atoms with Crippen LogP contribution in [-0.4, -0.2) is 54.3 Å². The smallest absolute Gasteiger partial charge is 0.419 e. The van der Waals surface area contributed by atoms with Crippen molar-refractivity contribution in [2.75, 3.05) is 12.4 Å². The lowest BCUT2D eigenvalue weighted by atomic mass is 9.94. The number of halogens is 4. The van der Waals surface area contributed by atoms with Gasteiger partial charge in [-0.05, 0) is 48.7 Å². The Labute approximate surface area is 214 Å². The van der Waals surface area contributed by atoms with Crippen LogP contribution in [0.25, 0.3) is 0 Å². The van der Waals surface area contributed by atoms with E-state index in [-0.39, 0.29) is 18.4 Å². The molecular formula is C25H23F4N3O6. The van der Waals surface area contributed by atoms with Gasteiger partial charge in [-0.25, -0.2) is 18.9 Å². The van der Waals surface area contributed by atoms with Gasteiger partial charge in [0.2, 0.25) is 5.60 Å². The lowest BCUT2D eigenvalue weighted by molar-refractivity contribution is -0.160. The average Bonchev–Trinajstić information content (AvgIpc) is 3.34. The number of carbonyl (C=O) groups is 4. The number of imide groups is 1. The number of amides is 3. The quantitative estimate of drug-likeness (QED) is 0.517. The summed E-state index contributed by atoms with van der Waals surface area (Å²) in [6.45, 7) is 0.751. The van der Waals surface area contributed by atoms with Gasteiger partial charge < -0.3 is 9.47 Å². The van der Waals surface area contributed by atoms with Gasteiger partial charge in [-0.1, -0.05) is 18.2 Å². The molecule has 1 heterocycles. The number of hydrogen-bond donors (Lipinski definition) is 2. The molecule has 1 aliphatic carbocycles. The summed E-state index contributed by atoms with van der Waals surface area (Å²) in [5.74, 6) is -2.49. The molecule has 9 nitrogen and oxygen atoms in total. The van der Waals surface area contributed by atoms with Crippen LogP contribution in [0.1, 0.15) is 30.0 Å². The van der Waals surface area contributed by atoms with E-state index < -0.39 is 60.1 Å². The van der Waals surface area contributed by atoms with Gasteiger partial charge in [0.1, 0.15) is 11.9 Å². The third-order valence-electron chi connectivity index (χ3n) is 6.49.